The van der Waals surface area contributed by atoms with Crippen LogP contribution in [-0.2, 0) is 11.8 Å². The van der Waals surface area contributed by atoms with Gasteiger partial charge in [0.05, 0.1) is 0 Å². The van der Waals surface area contributed by atoms with Gasteiger partial charge >= 0.3 is 5.97 Å². The van der Waals surface area contributed by atoms with Gasteiger partial charge in [-0.2, -0.15) is 5.10 Å². The minimum absolute atomic E-state index is 0.451. The Labute approximate surface area is 144 Å². The molecule has 2 aromatic rings. The monoisotopic (exact) mass is 377 g/mol. The van der Waals surface area contributed by atoms with E-state index in [-0.39, 0.29) is 0 Å². The second kappa shape index (κ2) is 6.84. The van der Waals surface area contributed by atoms with E-state index in [1.165, 1.54) is 5.69 Å². The molecular formula is C17H20BrN3O2. The maximum Gasteiger partial charge on any atom is 0.325 e. The molecule has 5 nitrogen and oxygen atoms in total. The quantitative estimate of drug-likeness (QED) is 0.888. The van der Waals surface area contributed by atoms with Crippen molar-refractivity contribution in [3.8, 4) is 0 Å². The van der Waals surface area contributed by atoms with Crippen LogP contribution in [0, 0.1) is 0 Å². The third-order valence-electron chi connectivity index (χ3n) is 4.61. The molecule has 122 valence electrons. The van der Waals surface area contributed by atoms with Crippen molar-refractivity contribution in [1.29, 1.82) is 0 Å². The zero-order valence-corrected chi connectivity index (χ0v) is 14.6. The van der Waals surface area contributed by atoms with Gasteiger partial charge in [0.15, 0.2) is 0 Å². The van der Waals surface area contributed by atoms with E-state index in [0.29, 0.717) is 5.92 Å². The first kappa shape index (κ1) is 16.2. The van der Waals surface area contributed by atoms with Crippen molar-refractivity contribution in [3.63, 3.8) is 0 Å². The molecule has 3 rings (SSSR count). The molecule has 1 saturated heterocycles. The van der Waals surface area contributed by atoms with Gasteiger partial charge in [-0.1, -0.05) is 34.1 Å². The first-order chi connectivity index (χ1) is 11.1. The Balaban J connectivity index is 1.76. The van der Waals surface area contributed by atoms with Crippen molar-refractivity contribution in [1.82, 2.24) is 14.7 Å². The number of benzene rings is 1. The number of likely N-dealkylation sites (tertiary alicyclic amines) is 1. The first-order valence-corrected chi connectivity index (χ1v) is 8.56. The summed E-state index contributed by atoms with van der Waals surface area (Å²) in [5, 5.41) is 14.0. The number of carboxylic acids is 1. The summed E-state index contributed by atoms with van der Waals surface area (Å²) in [7, 11) is 1.96. The average Bonchev–Trinajstić information content (AvgIpc) is 2.96. The molecular weight excluding hydrogens is 358 g/mol. The highest BCUT2D eigenvalue weighted by atomic mass is 79.9. The third-order valence-corrected chi connectivity index (χ3v) is 5.33. The zero-order chi connectivity index (χ0) is 16.4. The van der Waals surface area contributed by atoms with Gasteiger partial charge < -0.3 is 5.11 Å². The Morgan fingerprint density at radius 2 is 2.00 bits per heavy atom. The number of rotatable bonds is 4. The summed E-state index contributed by atoms with van der Waals surface area (Å²) in [6.45, 7) is 1.54. The number of aliphatic carboxylic acids is 1. The molecule has 1 atom stereocenters. The van der Waals surface area contributed by atoms with Crippen molar-refractivity contribution in [2.45, 2.75) is 24.8 Å². The van der Waals surface area contributed by atoms with E-state index < -0.39 is 12.0 Å². The normalized spacial score (nSPS) is 18.0. The van der Waals surface area contributed by atoms with Gasteiger partial charge in [-0.05, 0) is 43.6 Å². The van der Waals surface area contributed by atoms with Gasteiger partial charge in [-0.3, -0.25) is 14.4 Å². The molecule has 23 heavy (non-hydrogen) atoms. The van der Waals surface area contributed by atoms with Gasteiger partial charge in [0.25, 0.3) is 0 Å². The molecule has 1 aliphatic rings. The highest BCUT2D eigenvalue weighted by molar-refractivity contribution is 9.10. The van der Waals surface area contributed by atoms with Gasteiger partial charge in [0, 0.05) is 29.3 Å². The van der Waals surface area contributed by atoms with Crippen molar-refractivity contribution in [2.24, 2.45) is 7.05 Å². The Bertz CT molecular complexity index is 693. The molecule has 0 spiro atoms. The summed E-state index contributed by atoms with van der Waals surface area (Å²) in [4.78, 5) is 13.9. The van der Waals surface area contributed by atoms with Crippen LogP contribution >= 0.6 is 15.9 Å². The van der Waals surface area contributed by atoms with Crippen LogP contribution in [0.15, 0.2) is 41.0 Å². The lowest BCUT2D eigenvalue weighted by atomic mass is 9.91. The number of nitrogens with zero attached hydrogens (tertiary/aromatic N) is 3. The molecule has 1 unspecified atom stereocenters. The van der Waals surface area contributed by atoms with Crippen molar-refractivity contribution in [2.75, 3.05) is 13.1 Å². The van der Waals surface area contributed by atoms with E-state index >= 15 is 0 Å². The molecule has 1 aromatic heterocycles. The van der Waals surface area contributed by atoms with Gasteiger partial charge in [-0.15, -0.1) is 0 Å². The highest BCUT2D eigenvalue weighted by Crippen LogP contribution is 2.34. The Morgan fingerprint density at radius 3 is 2.57 bits per heavy atom. The summed E-state index contributed by atoms with van der Waals surface area (Å²) < 4.78 is 2.77. The van der Waals surface area contributed by atoms with Gasteiger partial charge in [-0.25, -0.2) is 0 Å². The van der Waals surface area contributed by atoms with Crippen molar-refractivity contribution in [3.05, 3.63) is 52.3 Å². The zero-order valence-electron chi connectivity index (χ0n) is 13.0. The summed E-state index contributed by atoms with van der Waals surface area (Å²) in [5.74, 6) is -0.344. The molecule has 0 radical (unpaired) electrons. The lowest BCUT2D eigenvalue weighted by Crippen LogP contribution is -2.40. The fraction of sp³-hybridized carbons (Fsp3) is 0.412. The van der Waals surface area contributed by atoms with Crippen LogP contribution < -0.4 is 0 Å². The van der Waals surface area contributed by atoms with Crippen LogP contribution in [0.4, 0.5) is 0 Å². The number of hydrogen-bond acceptors (Lipinski definition) is 3. The van der Waals surface area contributed by atoms with Crippen LogP contribution in [0.5, 0.6) is 0 Å². The highest BCUT2D eigenvalue weighted by Gasteiger charge is 2.32. The fourth-order valence-corrected chi connectivity index (χ4v) is 3.92. The number of piperidine rings is 1. The Hall–Kier alpha value is -1.66. The SMILES string of the molecule is Cn1nccc1C1CCN(C(C(=O)O)c2ccccc2Br)CC1. The van der Waals surface area contributed by atoms with Crippen LogP contribution in [0.25, 0.3) is 0 Å². The summed E-state index contributed by atoms with van der Waals surface area (Å²) in [5.41, 5.74) is 2.05. The number of carbonyl (C=O) groups is 1. The fourth-order valence-electron chi connectivity index (χ4n) is 3.42. The number of carboxylic acid groups (broad SMARTS) is 1. The molecule has 0 aliphatic carbocycles. The molecule has 0 amide bonds. The standard InChI is InChI=1S/C17H20BrN3O2/c1-20-15(6-9-19-20)12-7-10-21(11-8-12)16(17(22)23)13-4-2-3-5-14(13)18/h2-6,9,12,16H,7-8,10-11H2,1H3,(H,22,23). The number of aromatic nitrogens is 2. The minimum atomic E-state index is -0.795. The lowest BCUT2D eigenvalue weighted by molar-refractivity contribution is -0.144. The van der Waals surface area contributed by atoms with E-state index in [2.05, 4.69) is 32.0 Å². The van der Waals surface area contributed by atoms with E-state index in [4.69, 9.17) is 0 Å². The smallest absolute Gasteiger partial charge is 0.325 e. The number of aryl methyl sites for hydroxylation is 1. The second-order valence-electron chi connectivity index (χ2n) is 5.95. The summed E-state index contributed by atoms with van der Waals surface area (Å²) in [6, 6.07) is 9.03. The maximum absolute atomic E-state index is 11.8. The van der Waals surface area contributed by atoms with E-state index in [0.717, 1.165) is 36.0 Å². The van der Waals surface area contributed by atoms with Crippen LogP contribution in [0.2, 0.25) is 0 Å². The predicted molar refractivity (Wildman–Crippen MR) is 91.3 cm³/mol. The second-order valence-corrected chi connectivity index (χ2v) is 6.81. The average molecular weight is 378 g/mol. The van der Waals surface area contributed by atoms with Crippen LogP contribution in [0.1, 0.15) is 36.1 Å². The molecule has 0 saturated carbocycles. The minimum Gasteiger partial charge on any atom is -0.480 e. The largest absolute Gasteiger partial charge is 0.480 e. The predicted octanol–water partition coefficient (Wildman–Crippen LogP) is 3.19. The molecule has 2 heterocycles. The van der Waals surface area contributed by atoms with Crippen molar-refractivity contribution < 1.29 is 9.90 Å². The number of hydrogen-bond donors (Lipinski definition) is 1. The van der Waals surface area contributed by atoms with Crippen molar-refractivity contribution >= 4 is 21.9 Å². The topological polar surface area (TPSA) is 58.4 Å². The van der Waals surface area contributed by atoms with Gasteiger partial charge in [0.2, 0.25) is 0 Å². The lowest BCUT2D eigenvalue weighted by Gasteiger charge is -2.36. The van der Waals surface area contributed by atoms with E-state index in [1.54, 1.807) is 0 Å². The summed E-state index contributed by atoms with van der Waals surface area (Å²) in [6.07, 6.45) is 3.73. The number of halogens is 1. The molecule has 1 aliphatic heterocycles. The van der Waals surface area contributed by atoms with Crippen LogP contribution in [-0.4, -0.2) is 38.8 Å². The molecule has 6 heteroatoms. The third kappa shape index (κ3) is 3.33. The summed E-state index contributed by atoms with van der Waals surface area (Å²) >= 11 is 3.48. The molecule has 1 fully saturated rings. The Kier molecular flexibility index (Phi) is 4.82. The molecule has 1 aromatic carbocycles. The Morgan fingerprint density at radius 1 is 1.30 bits per heavy atom. The first-order valence-electron chi connectivity index (χ1n) is 7.77. The molecule has 0 bridgehead atoms. The van der Waals surface area contributed by atoms with Gasteiger partial charge in [0.1, 0.15) is 6.04 Å². The van der Waals surface area contributed by atoms with E-state index in [9.17, 15) is 9.90 Å². The van der Waals surface area contributed by atoms with Crippen LogP contribution in [0.3, 0.4) is 0 Å². The van der Waals surface area contributed by atoms with E-state index in [1.807, 2.05) is 42.2 Å². The maximum atomic E-state index is 11.8. The molecule has 1 N–H and O–H groups in total.